The maximum absolute atomic E-state index is 13.3. The van der Waals surface area contributed by atoms with Crippen molar-refractivity contribution >= 4 is 5.78 Å². The number of ether oxygens (including phenoxy) is 3. The third kappa shape index (κ3) is 4.42. The monoisotopic (exact) mass is 591 g/mol. The second kappa shape index (κ2) is 10.6. The fraction of sp³-hybridized carbons (Fsp3) is 0.758. The molecule has 43 heavy (non-hydrogen) atoms. The first kappa shape index (κ1) is 28.1. The summed E-state index contributed by atoms with van der Waals surface area (Å²) in [6.45, 7) is 8.94. The molecule has 3 saturated heterocycles. The number of ketones is 1. The van der Waals surface area contributed by atoms with Crippen molar-refractivity contribution < 1.29 is 23.5 Å². The van der Waals surface area contributed by atoms with E-state index >= 15 is 0 Å². The number of rotatable bonds is 5. The Morgan fingerprint density at radius 3 is 2.58 bits per heavy atom. The second-order valence-electron chi connectivity index (χ2n) is 14.2. The summed E-state index contributed by atoms with van der Waals surface area (Å²) >= 11 is 0. The topological polar surface area (TPSA) is 103 Å². The van der Waals surface area contributed by atoms with Gasteiger partial charge >= 0.3 is 0 Å². The maximum atomic E-state index is 13.3. The van der Waals surface area contributed by atoms with Crippen molar-refractivity contribution in [3.63, 3.8) is 0 Å². The van der Waals surface area contributed by atoms with E-state index < -0.39 is 5.41 Å². The zero-order chi connectivity index (χ0) is 29.3. The van der Waals surface area contributed by atoms with Crippen LogP contribution in [-0.2, 0) is 38.1 Å². The van der Waals surface area contributed by atoms with E-state index in [-0.39, 0.29) is 11.5 Å². The zero-order valence-corrected chi connectivity index (χ0v) is 25.9. The van der Waals surface area contributed by atoms with E-state index in [4.69, 9.17) is 28.7 Å². The fourth-order valence-corrected chi connectivity index (χ4v) is 8.93. The number of fused-ring (bicyclic) bond motifs is 4. The van der Waals surface area contributed by atoms with E-state index in [1.807, 2.05) is 0 Å². The van der Waals surface area contributed by atoms with Crippen LogP contribution in [0.3, 0.4) is 0 Å². The van der Waals surface area contributed by atoms with Gasteiger partial charge in [-0.05, 0) is 72.3 Å². The number of likely N-dealkylation sites (N-methyl/N-ethyl adjacent to an activating group) is 1. The van der Waals surface area contributed by atoms with Crippen LogP contribution in [0.2, 0.25) is 0 Å². The minimum Gasteiger partial charge on any atom is -0.473 e. The highest BCUT2D eigenvalue weighted by atomic mass is 16.5. The molecule has 2 aromatic heterocycles. The molecule has 2 aromatic rings. The molecule has 4 aliphatic heterocycles. The Hall–Kier alpha value is -2.40. The van der Waals surface area contributed by atoms with Crippen LogP contribution in [0.5, 0.6) is 5.88 Å². The summed E-state index contributed by atoms with van der Waals surface area (Å²) in [5.41, 5.74) is 3.22. The Morgan fingerprint density at radius 1 is 1.00 bits per heavy atom. The van der Waals surface area contributed by atoms with E-state index in [2.05, 4.69) is 35.9 Å². The third-order valence-electron chi connectivity index (χ3n) is 11.8. The molecule has 0 N–H and O–H groups in total. The van der Waals surface area contributed by atoms with Crippen LogP contribution >= 0.6 is 0 Å². The second-order valence-corrected chi connectivity index (χ2v) is 14.2. The standard InChI is InChI=1S/C33H45N5O5/c1-20-9-10-25(37(20)3)21(2)42-31-24-15-38(22-16-41-17-22)18-32(13-14-40-19-32)28(24)34-30(35-31)27-23-7-6-12-33(29(23)36-43-27)11-5-4-8-26(33)39/h20-22,25H,4-19H2,1-3H3/t20-,21-,25-,32-,33+/m0/s1. The number of nitrogens with zero attached hydrogens (tertiary/aromatic N) is 5. The normalized spacial score (nSPS) is 34.0. The minimum atomic E-state index is -0.509. The largest absolute Gasteiger partial charge is 0.473 e. The van der Waals surface area contributed by atoms with Crippen molar-refractivity contribution in [2.45, 2.75) is 120 Å². The molecule has 10 nitrogen and oxygen atoms in total. The van der Waals surface area contributed by atoms with Gasteiger partial charge < -0.3 is 18.7 Å². The first-order valence-electron chi connectivity index (χ1n) is 16.6. The summed E-state index contributed by atoms with van der Waals surface area (Å²) in [4.78, 5) is 28.8. The molecule has 232 valence electrons. The van der Waals surface area contributed by atoms with Crippen molar-refractivity contribution in [1.82, 2.24) is 24.9 Å². The van der Waals surface area contributed by atoms with Gasteiger partial charge in [-0.1, -0.05) is 11.6 Å². The molecule has 10 heteroatoms. The van der Waals surface area contributed by atoms with Crippen LogP contribution in [0.15, 0.2) is 4.52 Å². The maximum Gasteiger partial charge on any atom is 0.222 e. The Balaban J connectivity index is 1.24. The van der Waals surface area contributed by atoms with Crippen LogP contribution in [0.1, 0.15) is 94.1 Å². The lowest BCUT2D eigenvalue weighted by molar-refractivity contribution is -0.127. The highest BCUT2D eigenvalue weighted by Gasteiger charge is 2.50. The van der Waals surface area contributed by atoms with Gasteiger partial charge in [-0.2, -0.15) is 4.98 Å². The quantitative estimate of drug-likeness (QED) is 0.508. The average molecular weight is 592 g/mol. The van der Waals surface area contributed by atoms with Crippen molar-refractivity contribution in [1.29, 1.82) is 0 Å². The lowest BCUT2D eigenvalue weighted by atomic mass is 9.64. The van der Waals surface area contributed by atoms with Crippen LogP contribution in [0.25, 0.3) is 11.6 Å². The summed E-state index contributed by atoms with van der Waals surface area (Å²) in [5, 5.41) is 4.62. The van der Waals surface area contributed by atoms with Crippen molar-refractivity contribution in [3.05, 3.63) is 22.5 Å². The summed E-state index contributed by atoms with van der Waals surface area (Å²) in [6.07, 6.45) is 9.28. The number of aromatic nitrogens is 3. The molecule has 6 heterocycles. The molecule has 2 aliphatic carbocycles. The van der Waals surface area contributed by atoms with Gasteiger partial charge in [0, 0.05) is 43.8 Å². The van der Waals surface area contributed by atoms with Gasteiger partial charge in [-0.3, -0.25) is 14.6 Å². The van der Waals surface area contributed by atoms with E-state index in [1.165, 1.54) is 6.42 Å². The predicted molar refractivity (Wildman–Crippen MR) is 158 cm³/mol. The number of carbonyl (C=O) groups is 1. The molecular formula is C33H45N5O5. The first-order chi connectivity index (χ1) is 20.9. The van der Waals surface area contributed by atoms with Gasteiger partial charge in [-0.15, -0.1) is 0 Å². The number of likely N-dealkylation sites (tertiary alicyclic amines) is 1. The van der Waals surface area contributed by atoms with Crippen molar-refractivity contribution in [2.75, 3.05) is 40.0 Å². The van der Waals surface area contributed by atoms with Crippen molar-refractivity contribution in [2.24, 2.45) is 0 Å². The molecule has 0 amide bonds. The number of hydrogen-bond acceptors (Lipinski definition) is 10. The van der Waals surface area contributed by atoms with Gasteiger partial charge in [0.1, 0.15) is 17.6 Å². The summed E-state index contributed by atoms with van der Waals surface area (Å²) < 4.78 is 24.7. The Morgan fingerprint density at radius 2 is 1.86 bits per heavy atom. The van der Waals surface area contributed by atoms with Gasteiger partial charge in [0.2, 0.25) is 17.5 Å². The molecule has 0 unspecified atom stereocenters. The molecule has 8 rings (SSSR count). The average Bonchev–Trinajstić information content (AvgIpc) is 3.70. The first-order valence-corrected chi connectivity index (χ1v) is 16.6. The zero-order valence-electron chi connectivity index (χ0n) is 25.9. The van der Waals surface area contributed by atoms with Crippen LogP contribution < -0.4 is 4.74 Å². The van der Waals surface area contributed by atoms with E-state index in [0.717, 1.165) is 100 Å². The molecule has 2 spiro atoms. The van der Waals surface area contributed by atoms with E-state index in [0.29, 0.717) is 61.0 Å². The van der Waals surface area contributed by atoms with E-state index in [1.54, 1.807) is 0 Å². The predicted octanol–water partition coefficient (Wildman–Crippen LogP) is 3.97. The van der Waals surface area contributed by atoms with Crippen LogP contribution in [-0.4, -0.2) is 95.0 Å². The van der Waals surface area contributed by atoms with Gasteiger partial charge in [0.05, 0.1) is 47.9 Å². The number of Topliss-reactive ketones (excluding diaryl/α,β-unsaturated/α-hetero) is 1. The van der Waals surface area contributed by atoms with Crippen molar-refractivity contribution in [3.8, 4) is 17.5 Å². The summed E-state index contributed by atoms with van der Waals surface area (Å²) in [6, 6.07) is 1.25. The smallest absolute Gasteiger partial charge is 0.222 e. The van der Waals surface area contributed by atoms with Gasteiger partial charge in [0.15, 0.2) is 0 Å². The molecule has 1 saturated carbocycles. The minimum absolute atomic E-state index is 0.0354. The Bertz CT molecular complexity index is 1400. The summed E-state index contributed by atoms with van der Waals surface area (Å²) in [7, 11) is 2.20. The fourth-order valence-electron chi connectivity index (χ4n) is 8.93. The van der Waals surface area contributed by atoms with Crippen LogP contribution in [0, 0.1) is 0 Å². The highest BCUT2D eigenvalue weighted by Crippen LogP contribution is 2.49. The number of carbonyl (C=O) groups excluding carboxylic acids is 1. The SMILES string of the molecule is C[C@H](Oc1nc(-c2onc3c2CCC[C@@]32CCCCC2=O)nc2c1CN(C1COC1)C[C@]21CCOC1)[C@@H]1CC[C@H](C)N1C. The molecule has 0 aromatic carbocycles. The molecule has 0 radical (unpaired) electrons. The number of hydrogen-bond donors (Lipinski definition) is 0. The van der Waals surface area contributed by atoms with E-state index in [9.17, 15) is 4.79 Å². The van der Waals surface area contributed by atoms with Crippen LogP contribution in [0.4, 0.5) is 0 Å². The highest BCUT2D eigenvalue weighted by molar-refractivity contribution is 5.91. The third-order valence-corrected chi connectivity index (χ3v) is 11.8. The Kier molecular flexibility index (Phi) is 6.93. The molecule has 0 bridgehead atoms. The lowest BCUT2D eigenvalue weighted by Gasteiger charge is -2.46. The molecule has 4 fully saturated rings. The Labute approximate surface area is 253 Å². The van der Waals surface area contributed by atoms with Gasteiger partial charge in [0.25, 0.3) is 0 Å². The molecule has 5 atom stereocenters. The van der Waals surface area contributed by atoms with Gasteiger partial charge in [-0.25, -0.2) is 4.98 Å². The summed E-state index contributed by atoms with van der Waals surface area (Å²) in [5.74, 6) is 2.12. The molecular weight excluding hydrogens is 546 g/mol. The lowest BCUT2D eigenvalue weighted by Crippen LogP contribution is -2.56. The molecule has 6 aliphatic rings.